The Kier molecular flexibility index (Phi) is 7.87. The molecule has 0 spiro atoms. The Morgan fingerprint density at radius 2 is 1.73 bits per heavy atom. The third kappa shape index (κ3) is 5.64. The van der Waals surface area contributed by atoms with Crippen LogP contribution in [0.5, 0.6) is 0 Å². The van der Waals surface area contributed by atoms with Crippen molar-refractivity contribution in [1.82, 2.24) is 9.69 Å². The third-order valence-electron chi connectivity index (χ3n) is 6.79. The minimum Gasteiger partial charge on any atom is -0.395 e. The summed E-state index contributed by atoms with van der Waals surface area (Å²) in [7, 11) is 0. The highest BCUT2D eigenvalue weighted by atomic mass is 32.1. The van der Waals surface area contributed by atoms with Gasteiger partial charge in [-0.3, -0.25) is 19.3 Å². The molecule has 194 valence electrons. The molecule has 0 radical (unpaired) electrons. The van der Waals surface area contributed by atoms with Crippen molar-refractivity contribution in [2.75, 3.05) is 10.6 Å². The number of nitrogens with zero attached hydrogens (tertiary/aromatic N) is 2. The number of rotatable bonds is 7. The number of carbonyl (C=O) groups is 3. The Hall–Kier alpha value is -3.79. The van der Waals surface area contributed by atoms with Crippen LogP contribution in [0.3, 0.4) is 0 Å². The standard InChI is InChI=1S/C27H30FN5O3S/c1-15-8-13-20(14-16(15)2)33(27(36)24-21(29)22(25(30)34)32-37-24)23(17-9-11-18(28)12-10-17)26(35)31-19-6-4-3-5-7-19/h8-14,19,23H,3-7,29H2,1-2H3,(H2,30,34)(H,31,35). The van der Waals surface area contributed by atoms with Crippen molar-refractivity contribution in [2.45, 2.75) is 58.0 Å². The largest absolute Gasteiger partial charge is 0.395 e. The lowest BCUT2D eigenvalue weighted by Gasteiger charge is -2.33. The van der Waals surface area contributed by atoms with Crippen molar-refractivity contribution in [3.8, 4) is 0 Å². The molecule has 1 aliphatic rings. The first-order valence-corrected chi connectivity index (χ1v) is 13.0. The number of carbonyl (C=O) groups excluding carboxylic acids is 3. The Morgan fingerprint density at radius 1 is 1.05 bits per heavy atom. The molecule has 1 unspecified atom stereocenters. The number of aromatic nitrogens is 1. The first kappa shape index (κ1) is 26.3. The van der Waals surface area contributed by atoms with Crippen LogP contribution in [0.25, 0.3) is 0 Å². The van der Waals surface area contributed by atoms with E-state index in [1.165, 1.54) is 29.2 Å². The van der Waals surface area contributed by atoms with Crippen molar-refractivity contribution in [1.29, 1.82) is 0 Å². The summed E-state index contributed by atoms with van der Waals surface area (Å²) in [5, 5.41) is 3.11. The number of hydrogen-bond acceptors (Lipinski definition) is 6. The average molecular weight is 524 g/mol. The molecule has 0 aliphatic heterocycles. The van der Waals surface area contributed by atoms with Gasteiger partial charge in [-0.15, -0.1) is 0 Å². The maximum atomic E-state index is 14.1. The van der Waals surface area contributed by atoms with Crippen LogP contribution >= 0.6 is 11.5 Å². The van der Waals surface area contributed by atoms with Gasteiger partial charge in [0.2, 0.25) is 5.91 Å². The molecule has 1 fully saturated rings. The second kappa shape index (κ2) is 11.1. The normalized spacial score (nSPS) is 14.7. The number of amides is 3. The van der Waals surface area contributed by atoms with Crippen molar-refractivity contribution in [2.24, 2.45) is 5.73 Å². The van der Waals surface area contributed by atoms with E-state index >= 15 is 0 Å². The molecule has 4 rings (SSSR count). The van der Waals surface area contributed by atoms with E-state index in [2.05, 4.69) is 9.69 Å². The number of hydrogen-bond donors (Lipinski definition) is 3. The average Bonchev–Trinajstić information content (AvgIpc) is 3.27. The fourth-order valence-electron chi connectivity index (χ4n) is 4.59. The van der Waals surface area contributed by atoms with Gasteiger partial charge in [0.1, 0.15) is 16.7 Å². The Morgan fingerprint density at radius 3 is 2.32 bits per heavy atom. The van der Waals surface area contributed by atoms with Crippen LogP contribution < -0.4 is 21.7 Å². The molecule has 1 saturated carbocycles. The molecule has 10 heteroatoms. The highest BCUT2D eigenvalue weighted by Crippen LogP contribution is 2.34. The number of benzene rings is 2. The second-order valence-corrected chi connectivity index (χ2v) is 10.2. The number of nitrogen functional groups attached to an aromatic ring is 1. The Balaban J connectivity index is 1.86. The van der Waals surface area contributed by atoms with Crippen LogP contribution in [0, 0.1) is 19.7 Å². The van der Waals surface area contributed by atoms with E-state index in [-0.39, 0.29) is 28.2 Å². The zero-order valence-corrected chi connectivity index (χ0v) is 21.6. The van der Waals surface area contributed by atoms with Gasteiger partial charge in [0.05, 0.1) is 5.69 Å². The van der Waals surface area contributed by atoms with Gasteiger partial charge in [0.15, 0.2) is 5.69 Å². The van der Waals surface area contributed by atoms with Crippen LogP contribution in [-0.2, 0) is 4.79 Å². The SMILES string of the molecule is Cc1ccc(N(C(=O)c2snc(C(N)=O)c2N)C(C(=O)NC2CCCCC2)c2ccc(F)cc2)cc1C. The van der Waals surface area contributed by atoms with Gasteiger partial charge < -0.3 is 16.8 Å². The molecule has 1 aliphatic carbocycles. The number of anilines is 2. The van der Waals surface area contributed by atoms with E-state index in [1.807, 2.05) is 26.0 Å². The van der Waals surface area contributed by atoms with Crippen molar-refractivity contribution >= 4 is 40.6 Å². The predicted octanol–water partition coefficient (Wildman–Crippen LogP) is 4.42. The molecular formula is C27H30FN5O3S. The molecule has 0 bridgehead atoms. The third-order valence-corrected chi connectivity index (χ3v) is 7.64. The summed E-state index contributed by atoms with van der Waals surface area (Å²) < 4.78 is 17.8. The van der Waals surface area contributed by atoms with Crippen LogP contribution in [-0.4, -0.2) is 28.1 Å². The summed E-state index contributed by atoms with van der Waals surface area (Å²) in [6.07, 6.45) is 4.85. The summed E-state index contributed by atoms with van der Waals surface area (Å²) in [4.78, 5) is 41.1. The lowest BCUT2D eigenvalue weighted by Crippen LogP contribution is -2.47. The number of halogens is 1. The summed E-state index contributed by atoms with van der Waals surface area (Å²) in [6, 6.07) is 9.76. The maximum absolute atomic E-state index is 14.1. The first-order valence-electron chi connectivity index (χ1n) is 12.2. The van der Waals surface area contributed by atoms with Gasteiger partial charge in [0, 0.05) is 11.7 Å². The lowest BCUT2D eigenvalue weighted by molar-refractivity contribution is -0.123. The zero-order chi connectivity index (χ0) is 26.7. The molecule has 1 heterocycles. The molecule has 5 N–H and O–H groups in total. The van der Waals surface area contributed by atoms with Crippen LogP contribution in [0.15, 0.2) is 42.5 Å². The fourth-order valence-corrected chi connectivity index (χ4v) is 5.33. The van der Waals surface area contributed by atoms with Crippen molar-refractivity contribution < 1.29 is 18.8 Å². The maximum Gasteiger partial charge on any atom is 0.273 e. The number of primary amides is 1. The van der Waals surface area contributed by atoms with Gasteiger partial charge >= 0.3 is 0 Å². The van der Waals surface area contributed by atoms with Crippen LogP contribution in [0.2, 0.25) is 0 Å². The zero-order valence-electron chi connectivity index (χ0n) is 20.8. The van der Waals surface area contributed by atoms with Gasteiger partial charge in [-0.1, -0.05) is 37.5 Å². The molecule has 8 nitrogen and oxygen atoms in total. The van der Waals surface area contributed by atoms with Gasteiger partial charge in [-0.25, -0.2) is 4.39 Å². The van der Waals surface area contributed by atoms with Gasteiger partial charge in [0.25, 0.3) is 11.8 Å². The number of nitrogens with two attached hydrogens (primary N) is 2. The molecular weight excluding hydrogens is 493 g/mol. The molecule has 37 heavy (non-hydrogen) atoms. The molecule has 1 aromatic heterocycles. The predicted molar refractivity (Wildman–Crippen MR) is 142 cm³/mol. The van der Waals surface area contributed by atoms with E-state index in [0.717, 1.165) is 54.8 Å². The molecule has 0 saturated heterocycles. The quantitative estimate of drug-likeness (QED) is 0.422. The van der Waals surface area contributed by atoms with Crippen molar-refractivity contribution in [3.05, 3.63) is 75.5 Å². The summed E-state index contributed by atoms with van der Waals surface area (Å²) in [6.45, 7) is 3.85. The fraction of sp³-hybridized carbons (Fsp3) is 0.333. The molecule has 1 atom stereocenters. The minimum absolute atomic E-state index is 0.00962. The summed E-state index contributed by atoms with van der Waals surface area (Å²) in [5.74, 6) is -2.31. The van der Waals surface area contributed by atoms with E-state index in [0.29, 0.717) is 11.3 Å². The number of nitrogens with one attached hydrogen (secondary N) is 1. The highest BCUT2D eigenvalue weighted by molar-refractivity contribution is 7.09. The minimum atomic E-state index is -1.13. The summed E-state index contributed by atoms with van der Waals surface area (Å²) >= 11 is 0.747. The molecule has 2 aromatic carbocycles. The van der Waals surface area contributed by atoms with E-state index in [4.69, 9.17) is 11.5 Å². The van der Waals surface area contributed by atoms with Gasteiger partial charge in [-0.05, 0) is 79.2 Å². The Bertz CT molecular complexity index is 1320. The smallest absolute Gasteiger partial charge is 0.273 e. The monoisotopic (exact) mass is 523 g/mol. The van der Waals surface area contributed by atoms with E-state index in [1.54, 1.807) is 6.07 Å². The first-order chi connectivity index (χ1) is 17.7. The Labute approximate surface area is 219 Å². The van der Waals surface area contributed by atoms with E-state index < -0.39 is 23.7 Å². The lowest BCUT2D eigenvalue weighted by atomic mass is 9.94. The molecule has 3 aromatic rings. The van der Waals surface area contributed by atoms with Crippen molar-refractivity contribution in [3.63, 3.8) is 0 Å². The van der Waals surface area contributed by atoms with Crippen LogP contribution in [0.4, 0.5) is 15.8 Å². The highest BCUT2D eigenvalue weighted by Gasteiger charge is 2.37. The van der Waals surface area contributed by atoms with Gasteiger partial charge in [-0.2, -0.15) is 4.37 Å². The second-order valence-electron chi connectivity index (χ2n) is 9.38. The number of aryl methyl sites for hydroxylation is 2. The summed E-state index contributed by atoms with van der Waals surface area (Å²) in [5.41, 5.74) is 14.0. The molecule has 3 amide bonds. The van der Waals surface area contributed by atoms with E-state index in [9.17, 15) is 18.8 Å². The van der Waals surface area contributed by atoms with Crippen LogP contribution in [0.1, 0.15) is 75.0 Å². The topological polar surface area (TPSA) is 131 Å².